The van der Waals surface area contributed by atoms with Gasteiger partial charge in [-0.2, -0.15) is 0 Å². The van der Waals surface area contributed by atoms with Gasteiger partial charge in [0.1, 0.15) is 5.75 Å². The molecule has 2 saturated heterocycles. The number of likely N-dealkylation sites (tertiary alicyclic amines) is 1. The van der Waals surface area contributed by atoms with Crippen molar-refractivity contribution in [2.75, 3.05) is 38.6 Å². The third kappa shape index (κ3) is 5.06. The second kappa shape index (κ2) is 10.5. The Hall–Kier alpha value is -3.29. The van der Waals surface area contributed by atoms with Crippen molar-refractivity contribution in [1.82, 2.24) is 15.3 Å². The standard InChI is InChI=1S/C28H33N5O2/c1-35-26-11-7-21(8-12-26)23-19-30-28(31-20-23)32-24-9-5-22(6-10-24)27(34)33(17-3-2-4-18-33)25-13-15-29-16-14-25/h5-12,19-20,25,29H,2-4,13-18H2,1H3/p+1. The molecular formula is C28H34N5O2+. The summed E-state index contributed by atoms with van der Waals surface area (Å²) in [6.07, 6.45) is 9.28. The lowest BCUT2D eigenvalue weighted by Crippen LogP contribution is -2.63. The van der Waals surface area contributed by atoms with Crippen molar-refractivity contribution in [2.45, 2.75) is 38.1 Å². The minimum Gasteiger partial charge on any atom is -0.497 e. The molecule has 35 heavy (non-hydrogen) atoms. The summed E-state index contributed by atoms with van der Waals surface area (Å²) in [5.41, 5.74) is 3.63. The van der Waals surface area contributed by atoms with Crippen LogP contribution in [0, 0.1) is 0 Å². The molecule has 0 atom stereocenters. The summed E-state index contributed by atoms with van der Waals surface area (Å²) in [5.74, 6) is 1.62. The molecule has 0 aliphatic carbocycles. The van der Waals surface area contributed by atoms with E-state index >= 15 is 0 Å². The Morgan fingerprint density at radius 2 is 1.57 bits per heavy atom. The fraction of sp³-hybridized carbons (Fsp3) is 0.393. The molecule has 0 radical (unpaired) electrons. The molecule has 0 saturated carbocycles. The van der Waals surface area contributed by atoms with Gasteiger partial charge in [-0.3, -0.25) is 4.48 Å². The van der Waals surface area contributed by atoms with Gasteiger partial charge in [0.15, 0.2) is 0 Å². The van der Waals surface area contributed by atoms with Gasteiger partial charge < -0.3 is 15.4 Å². The highest BCUT2D eigenvalue weighted by atomic mass is 16.5. The normalized spacial score (nSPS) is 18.1. The van der Waals surface area contributed by atoms with Crippen LogP contribution >= 0.6 is 0 Å². The van der Waals surface area contributed by atoms with Crippen LogP contribution in [-0.4, -0.2) is 59.7 Å². The molecule has 2 aromatic carbocycles. The van der Waals surface area contributed by atoms with E-state index in [1.54, 1.807) is 19.5 Å². The van der Waals surface area contributed by atoms with Crippen molar-refractivity contribution in [3.8, 4) is 16.9 Å². The number of aromatic nitrogens is 2. The van der Waals surface area contributed by atoms with Gasteiger partial charge in [0.25, 0.3) is 0 Å². The average Bonchev–Trinajstić information content (AvgIpc) is 2.94. The summed E-state index contributed by atoms with van der Waals surface area (Å²) in [6.45, 7) is 3.96. The van der Waals surface area contributed by atoms with Crippen LogP contribution in [0.15, 0.2) is 60.9 Å². The molecule has 3 heterocycles. The van der Waals surface area contributed by atoms with Gasteiger partial charge in [0.05, 0.1) is 31.8 Å². The third-order valence-corrected chi connectivity index (χ3v) is 7.49. The van der Waals surface area contributed by atoms with Crippen LogP contribution in [0.5, 0.6) is 5.75 Å². The number of hydrogen-bond donors (Lipinski definition) is 2. The molecule has 2 aliphatic heterocycles. The van der Waals surface area contributed by atoms with Gasteiger partial charge in [0, 0.05) is 49.6 Å². The predicted octanol–water partition coefficient (Wildman–Crippen LogP) is 4.79. The number of hydrogen-bond acceptors (Lipinski definition) is 6. The topological polar surface area (TPSA) is 76.1 Å². The zero-order valence-electron chi connectivity index (χ0n) is 20.4. The molecule has 3 aromatic rings. The quantitative estimate of drug-likeness (QED) is 0.503. The third-order valence-electron chi connectivity index (χ3n) is 7.49. The number of methoxy groups -OCH3 is 1. The monoisotopic (exact) mass is 472 g/mol. The molecule has 0 unspecified atom stereocenters. The molecule has 1 amide bonds. The number of ether oxygens (including phenoxy) is 1. The first kappa shape index (κ1) is 23.5. The van der Waals surface area contributed by atoms with Crippen molar-refractivity contribution >= 4 is 17.5 Å². The Morgan fingerprint density at radius 3 is 2.20 bits per heavy atom. The van der Waals surface area contributed by atoms with Crippen LogP contribution in [0.3, 0.4) is 0 Å². The SMILES string of the molecule is COc1ccc(-c2cnc(Nc3ccc(C(=O)[N+]4(C5CCNCC5)CCCCC4)cc3)nc2)cc1. The van der Waals surface area contributed by atoms with E-state index in [0.717, 1.165) is 80.0 Å². The Balaban J connectivity index is 1.28. The maximum Gasteiger partial charge on any atom is 0.346 e. The number of quaternary nitrogens is 1. The Labute approximate surface area is 207 Å². The molecule has 2 aliphatic rings. The van der Waals surface area contributed by atoms with E-state index in [4.69, 9.17) is 4.74 Å². The summed E-state index contributed by atoms with van der Waals surface area (Å²) >= 11 is 0. The molecule has 7 heteroatoms. The average molecular weight is 473 g/mol. The fourth-order valence-corrected chi connectivity index (χ4v) is 5.52. The number of carbonyl (C=O) groups excluding carboxylic acids is 1. The number of carbonyl (C=O) groups is 1. The van der Waals surface area contributed by atoms with E-state index < -0.39 is 0 Å². The second-order valence-electron chi connectivity index (χ2n) is 9.55. The zero-order chi connectivity index (χ0) is 24.1. The van der Waals surface area contributed by atoms with E-state index in [0.29, 0.717) is 16.5 Å². The maximum atomic E-state index is 13.8. The second-order valence-corrected chi connectivity index (χ2v) is 9.55. The minimum absolute atomic E-state index is 0.281. The van der Waals surface area contributed by atoms with E-state index in [-0.39, 0.29) is 5.91 Å². The minimum atomic E-state index is 0.281. The summed E-state index contributed by atoms with van der Waals surface area (Å²) < 4.78 is 5.85. The van der Waals surface area contributed by atoms with Gasteiger partial charge in [-0.25, -0.2) is 14.8 Å². The van der Waals surface area contributed by atoms with Gasteiger partial charge in [-0.15, -0.1) is 0 Å². The van der Waals surface area contributed by atoms with E-state index in [1.807, 2.05) is 48.5 Å². The lowest BCUT2D eigenvalue weighted by atomic mass is 9.94. The van der Waals surface area contributed by atoms with Crippen LogP contribution in [-0.2, 0) is 0 Å². The van der Waals surface area contributed by atoms with Crippen molar-refractivity contribution in [1.29, 1.82) is 0 Å². The lowest BCUT2D eigenvalue weighted by Gasteiger charge is -2.46. The van der Waals surface area contributed by atoms with Crippen LogP contribution in [0.2, 0.25) is 0 Å². The first-order valence-electron chi connectivity index (χ1n) is 12.6. The highest BCUT2D eigenvalue weighted by molar-refractivity contribution is 5.89. The summed E-state index contributed by atoms with van der Waals surface area (Å²) in [5, 5.41) is 6.70. The number of benzene rings is 2. The van der Waals surface area contributed by atoms with Crippen LogP contribution in [0.25, 0.3) is 11.1 Å². The Kier molecular flexibility index (Phi) is 7.06. The van der Waals surface area contributed by atoms with Crippen molar-refractivity contribution in [2.24, 2.45) is 0 Å². The number of nitrogens with one attached hydrogen (secondary N) is 2. The van der Waals surface area contributed by atoms with E-state index in [9.17, 15) is 4.79 Å². The Morgan fingerprint density at radius 1 is 0.914 bits per heavy atom. The molecule has 182 valence electrons. The number of anilines is 2. The zero-order valence-corrected chi connectivity index (χ0v) is 20.4. The fourth-order valence-electron chi connectivity index (χ4n) is 5.52. The molecule has 7 nitrogen and oxygen atoms in total. The van der Waals surface area contributed by atoms with Gasteiger partial charge in [0.2, 0.25) is 5.95 Å². The van der Waals surface area contributed by atoms with Gasteiger partial charge >= 0.3 is 5.91 Å². The number of amides is 1. The largest absolute Gasteiger partial charge is 0.497 e. The van der Waals surface area contributed by atoms with Crippen LogP contribution < -0.4 is 15.4 Å². The predicted molar refractivity (Wildman–Crippen MR) is 138 cm³/mol. The van der Waals surface area contributed by atoms with Gasteiger partial charge in [-0.1, -0.05) is 12.1 Å². The summed E-state index contributed by atoms with van der Waals surface area (Å²) in [6, 6.07) is 16.1. The first-order chi connectivity index (χ1) is 17.2. The molecule has 1 aromatic heterocycles. The highest BCUT2D eigenvalue weighted by Crippen LogP contribution is 2.31. The highest BCUT2D eigenvalue weighted by Gasteiger charge is 2.45. The molecular weight excluding hydrogens is 438 g/mol. The van der Waals surface area contributed by atoms with Crippen molar-refractivity contribution in [3.63, 3.8) is 0 Å². The van der Waals surface area contributed by atoms with Gasteiger partial charge in [-0.05, 0) is 61.2 Å². The smallest absolute Gasteiger partial charge is 0.346 e. The molecule has 2 fully saturated rings. The van der Waals surface area contributed by atoms with Crippen LogP contribution in [0.4, 0.5) is 11.6 Å². The number of nitrogens with zero attached hydrogens (tertiary/aromatic N) is 3. The number of piperidine rings is 2. The lowest BCUT2D eigenvalue weighted by molar-refractivity contribution is -0.880. The first-order valence-corrected chi connectivity index (χ1v) is 12.6. The summed E-state index contributed by atoms with van der Waals surface area (Å²) in [7, 11) is 1.66. The molecule has 2 N–H and O–H groups in total. The Bertz CT molecular complexity index is 1120. The number of rotatable bonds is 6. The molecule has 5 rings (SSSR count). The van der Waals surface area contributed by atoms with E-state index in [2.05, 4.69) is 20.6 Å². The van der Waals surface area contributed by atoms with Crippen molar-refractivity contribution in [3.05, 3.63) is 66.5 Å². The summed E-state index contributed by atoms with van der Waals surface area (Å²) in [4.78, 5) is 22.7. The maximum absolute atomic E-state index is 13.8. The van der Waals surface area contributed by atoms with Crippen LogP contribution in [0.1, 0.15) is 42.5 Å². The molecule has 0 spiro atoms. The van der Waals surface area contributed by atoms with Crippen molar-refractivity contribution < 1.29 is 14.0 Å². The van der Waals surface area contributed by atoms with E-state index in [1.165, 1.54) is 6.42 Å². The molecule has 0 bridgehead atoms.